The minimum atomic E-state index is -3.80. The van der Waals surface area contributed by atoms with E-state index in [1.165, 1.54) is 0 Å². The second-order valence-electron chi connectivity index (χ2n) is 5.59. The van der Waals surface area contributed by atoms with Crippen molar-refractivity contribution in [3.8, 4) is 0 Å². The maximum Gasteiger partial charge on any atom is 0.324 e. The fourth-order valence-corrected chi connectivity index (χ4v) is 4.01. The molecule has 1 rings (SSSR count). The Balaban J connectivity index is 2.70. The molecule has 2 N–H and O–H groups in total. The molecule has 1 heterocycles. The maximum atomic E-state index is 12.3. The van der Waals surface area contributed by atoms with E-state index in [1.54, 1.807) is 13.8 Å². The summed E-state index contributed by atoms with van der Waals surface area (Å²) >= 11 is 0. The van der Waals surface area contributed by atoms with Crippen LogP contribution < -0.4 is 4.72 Å². The first-order valence-corrected chi connectivity index (χ1v) is 8.83. The van der Waals surface area contributed by atoms with Crippen LogP contribution in [0.1, 0.15) is 46.5 Å². The summed E-state index contributed by atoms with van der Waals surface area (Å²) in [4.78, 5) is 11.8. The van der Waals surface area contributed by atoms with Crippen molar-refractivity contribution in [1.29, 1.82) is 0 Å². The number of nitrogens with one attached hydrogen (secondary N) is 1. The van der Waals surface area contributed by atoms with Crippen molar-refractivity contribution >= 4 is 16.2 Å². The van der Waals surface area contributed by atoms with Gasteiger partial charge in [0, 0.05) is 13.1 Å². The van der Waals surface area contributed by atoms with Crippen molar-refractivity contribution in [3.05, 3.63) is 0 Å². The molecule has 2 atom stereocenters. The third-order valence-electron chi connectivity index (χ3n) is 3.50. The molecule has 0 aromatic carbocycles. The number of hydrogen-bond donors (Lipinski definition) is 2. The number of carbonyl (C=O) groups excluding carboxylic acids is 1. The Morgan fingerprint density at radius 2 is 2.14 bits per heavy atom. The van der Waals surface area contributed by atoms with Crippen LogP contribution in [0.2, 0.25) is 0 Å². The highest BCUT2D eigenvalue weighted by Gasteiger charge is 2.40. The van der Waals surface area contributed by atoms with Crippen molar-refractivity contribution in [1.82, 2.24) is 9.03 Å². The minimum Gasteiger partial charge on any atom is -0.465 e. The molecule has 0 aromatic rings. The Labute approximate surface area is 126 Å². The van der Waals surface area contributed by atoms with Crippen LogP contribution >= 0.6 is 0 Å². The zero-order chi connectivity index (χ0) is 16.1. The molecule has 1 fully saturated rings. The van der Waals surface area contributed by atoms with E-state index < -0.39 is 27.8 Å². The van der Waals surface area contributed by atoms with Crippen LogP contribution in [-0.4, -0.2) is 55.1 Å². The molecule has 0 aromatic heterocycles. The van der Waals surface area contributed by atoms with E-state index in [9.17, 15) is 18.3 Å². The van der Waals surface area contributed by atoms with Gasteiger partial charge in [-0.3, -0.25) is 4.79 Å². The Bertz CT molecular complexity index is 449. The summed E-state index contributed by atoms with van der Waals surface area (Å²) in [5, 5.41) is 10.0. The minimum absolute atomic E-state index is 0.0742. The quantitative estimate of drug-likeness (QED) is 0.631. The molecule has 0 amide bonds. The summed E-state index contributed by atoms with van der Waals surface area (Å²) in [6.45, 7) is 5.63. The van der Waals surface area contributed by atoms with Gasteiger partial charge in [-0.15, -0.1) is 0 Å². The number of carbonyl (C=O) groups is 1. The second-order valence-corrected chi connectivity index (χ2v) is 7.30. The van der Waals surface area contributed by atoms with E-state index >= 15 is 0 Å². The molecule has 7 nitrogen and oxygen atoms in total. The van der Waals surface area contributed by atoms with Gasteiger partial charge in [0.25, 0.3) is 10.2 Å². The average molecular weight is 322 g/mol. The SMILES string of the molecule is CCCC(C)(O)CNS(=O)(=O)N1CCCC1C(=O)OCC. The van der Waals surface area contributed by atoms with Gasteiger partial charge >= 0.3 is 5.97 Å². The molecule has 0 saturated carbocycles. The zero-order valence-corrected chi connectivity index (χ0v) is 13.8. The normalized spacial score (nSPS) is 23.0. The van der Waals surface area contributed by atoms with Gasteiger partial charge in [-0.25, -0.2) is 0 Å². The third-order valence-corrected chi connectivity index (χ3v) is 5.06. The summed E-state index contributed by atoms with van der Waals surface area (Å²) < 4.78 is 33.0. The van der Waals surface area contributed by atoms with Crippen LogP contribution in [0.3, 0.4) is 0 Å². The largest absolute Gasteiger partial charge is 0.465 e. The van der Waals surface area contributed by atoms with Crippen LogP contribution in [0, 0.1) is 0 Å². The molecular formula is C13H26N2O5S. The summed E-state index contributed by atoms with van der Waals surface area (Å²) in [6, 6.07) is -0.765. The van der Waals surface area contributed by atoms with Crippen molar-refractivity contribution in [2.24, 2.45) is 0 Å². The number of ether oxygens (including phenoxy) is 1. The highest BCUT2D eigenvalue weighted by molar-refractivity contribution is 7.87. The molecule has 2 unspecified atom stereocenters. The number of aliphatic hydroxyl groups is 1. The van der Waals surface area contributed by atoms with Gasteiger partial charge in [-0.1, -0.05) is 13.3 Å². The van der Waals surface area contributed by atoms with Crippen molar-refractivity contribution < 1.29 is 23.1 Å². The van der Waals surface area contributed by atoms with Gasteiger partial charge in [-0.2, -0.15) is 17.4 Å². The van der Waals surface area contributed by atoms with E-state index in [1.807, 2.05) is 6.92 Å². The molecule has 0 spiro atoms. The Morgan fingerprint density at radius 1 is 1.48 bits per heavy atom. The van der Waals surface area contributed by atoms with Crippen LogP contribution in [0.15, 0.2) is 0 Å². The molecule has 0 aliphatic carbocycles. The first-order valence-electron chi connectivity index (χ1n) is 7.39. The molecular weight excluding hydrogens is 296 g/mol. The number of rotatable bonds is 8. The smallest absolute Gasteiger partial charge is 0.324 e. The Morgan fingerprint density at radius 3 is 2.71 bits per heavy atom. The van der Waals surface area contributed by atoms with Gasteiger partial charge in [0.05, 0.1) is 12.2 Å². The molecule has 1 aliphatic heterocycles. The summed E-state index contributed by atoms with van der Waals surface area (Å²) in [5.74, 6) is -0.513. The maximum absolute atomic E-state index is 12.3. The van der Waals surface area contributed by atoms with Gasteiger partial charge in [0.15, 0.2) is 0 Å². The lowest BCUT2D eigenvalue weighted by Gasteiger charge is -2.27. The lowest BCUT2D eigenvalue weighted by atomic mass is 10.0. The lowest BCUT2D eigenvalue weighted by molar-refractivity contribution is -0.146. The molecule has 0 radical (unpaired) electrons. The topological polar surface area (TPSA) is 95.9 Å². The van der Waals surface area contributed by atoms with E-state index in [4.69, 9.17) is 4.74 Å². The fraction of sp³-hybridized carbons (Fsp3) is 0.923. The van der Waals surface area contributed by atoms with Gasteiger partial charge in [-0.05, 0) is 33.1 Å². The lowest BCUT2D eigenvalue weighted by Crippen LogP contribution is -2.50. The van der Waals surface area contributed by atoms with Gasteiger partial charge in [0.2, 0.25) is 0 Å². The van der Waals surface area contributed by atoms with E-state index in [0.29, 0.717) is 19.3 Å². The molecule has 124 valence electrons. The highest BCUT2D eigenvalue weighted by Crippen LogP contribution is 2.22. The fourth-order valence-electron chi connectivity index (χ4n) is 2.46. The van der Waals surface area contributed by atoms with Crippen LogP contribution in [-0.2, 0) is 19.7 Å². The summed E-state index contributed by atoms with van der Waals surface area (Å²) in [6.07, 6.45) is 2.33. The van der Waals surface area contributed by atoms with E-state index in [-0.39, 0.29) is 19.7 Å². The van der Waals surface area contributed by atoms with E-state index in [0.717, 1.165) is 10.7 Å². The number of nitrogens with zero attached hydrogens (tertiary/aromatic N) is 1. The highest BCUT2D eigenvalue weighted by atomic mass is 32.2. The van der Waals surface area contributed by atoms with Crippen molar-refractivity contribution in [2.75, 3.05) is 19.7 Å². The van der Waals surface area contributed by atoms with E-state index in [2.05, 4.69) is 4.72 Å². The van der Waals surface area contributed by atoms with Crippen molar-refractivity contribution in [3.63, 3.8) is 0 Å². The monoisotopic (exact) mass is 322 g/mol. The van der Waals surface area contributed by atoms with Crippen LogP contribution in [0.25, 0.3) is 0 Å². The van der Waals surface area contributed by atoms with Gasteiger partial charge in [0.1, 0.15) is 6.04 Å². The number of esters is 1. The van der Waals surface area contributed by atoms with Crippen LogP contribution in [0.5, 0.6) is 0 Å². The number of hydrogen-bond acceptors (Lipinski definition) is 5. The molecule has 1 aliphatic rings. The average Bonchev–Trinajstić information content (AvgIpc) is 2.87. The molecule has 21 heavy (non-hydrogen) atoms. The second kappa shape index (κ2) is 7.53. The Hall–Kier alpha value is -0.700. The predicted octanol–water partition coefficient (Wildman–Crippen LogP) is 0.399. The first kappa shape index (κ1) is 18.3. The Kier molecular flexibility index (Phi) is 6.58. The van der Waals surface area contributed by atoms with Gasteiger partial charge < -0.3 is 9.84 Å². The molecule has 0 bridgehead atoms. The molecule has 8 heteroatoms. The zero-order valence-electron chi connectivity index (χ0n) is 13.0. The third kappa shape index (κ3) is 5.21. The van der Waals surface area contributed by atoms with Crippen LogP contribution in [0.4, 0.5) is 0 Å². The summed E-state index contributed by atoms with van der Waals surface area (Å²) in [7, 11) is -3.80. The first-order chi connectivity index (χ1) is 9.73. The predicted molar refractivity (Wildman–Crippen MR) is 78.8 cm³/mol. The summed E-state index contributed by atoms with van der Waals surface area (Å²) in [5.41, 5.74) is -1.10. The van der Waals surface area contributed by atoms with Crippen molar-refractivity contribution in [2.45, 2.75) is 58.1 Å². The standard InChI is InChI=1S/C13H26N2O5S/c1-4-8-13(3,17)10-14-21(18,19)15-9-6-7-11(15)12(16)20-5-2/h11,14,17H,4-10H2,1-3H3. The molecule has 1 saturated heterocycles.